The third kappa shape index (κ3) is 5.52. The second-order valence-electron chi connectivity index (χ2n) is 6.12. The summed E-state index contributed by atoms with van der Waals surface area (Å²) in [4.78, 5) is 10.7. The Kier molecular flexibility index (Phi) is 6.87. The molecule has 0 heterocycles. The first-order valence-corrected chi connectivity index (χ1v) is 8.58. The fourth-order valence-corrected chi connectivity index (χ4v) is 2.99. The number of aryl methyl sites for hydroxylation is 1. The molecule has 25 heavy (non-hydrogen) atoms. The molecule has 1 N–H and O–H groups in total. The van der Waals surface area contributed by atoms with Crippen LogP contribution in [0.3, 0.4) is 0 Å². The Balaban J connectivity index is 1.88. The fourth-order valence-electron chi connectivity index (χ4n) is 2.99. The average molecular weight is 342 g/mol. The van der Waals surface area contributed by atoms with Gasteiger partial charge >= 0.3 is 5.97 Å². The van der Waals surface area contributed by atoms with Crippen LogP contribution in [0.2, 0.25) is 0 Å². The highest BCUT2D eigenvalue weighted by Gasteiger charge is 2.24. The van der Waals surface area contributed by atoms with Crippen LogP contribution in [0.1, 0.15) is 49.8 Å². The maximum absolute atomic E-state index is 10.7. The third-order valence-corrected chi connectivity index (χ3v) is 4.42. The zero-order chi connectivity index (χ0) is 18.2. The van der Waals surface area contributed by atoms with Crippen molar-refractivity contribution < 1.29 is 19.4 Å². The first kappa shape index (κ1) is 18.8. The molecule has 134 valence electrons. The zero-order valence-electron chi connectivity index (χ0n) is 15.0. The van der Waals surface area contributed by atoms with Crippen molar-refractivity contribution in [3.8, 4) is 5.75 Å². The molecule has 1 unspecified atom stereocenters. The summed E-state index contributed by atoms with van der Waals surface area (Å²) in [5, 5.41) is 8.76. The minimum absolute atomic E-state index is 0.00967. The molecule has 1 aromatic carbocycles. The quantitative estimate of drug-likeness (QED) is 0.391. The van der Waals surface area contributed by atoms with Crippen molar-refractivity contribution in [2.45, 2.75) is 45.1 Å². The summed E-state index contributed by atoms with van der Waals surface area (Å²) < 4.78 is 11.3. The number of benzene rings is 1. The van der Waals surface area contributed by atoms with Gasteiger partial charge in [0.1, 0.15) is 17.6 Å². The Morgan fingerprint density at radius 1 is 1.40 bits per heavy atom. The van der Waals surface area contributed by atoms with Gasteiger partial charge in [0, 0.05) is 6.42 Å². The molecule has 4 nitrogen and oxygen atoms in total. The normalized spacial score (nSPS) is 16.7. The van der Waals surface area contributed by atoms with Crippen LogP contribution in [-0.4, -0.2) is 18.2 Å². The number of aliphatic carboxylic acids is 1. The van der Waals surface area contributed by atoms with Gasteiger partial charge in [0.25, 0.3) is 0 Å². The first-order valence-electron chi connectivity index (χ1n) is 8.58. The Morgan fingerprint density at radius 2 is 2.20 bits per heavy atom. The van der Waals surface area contributed by atoms with Gasteiger partial charge in [0.15, 0.2) is 0 Å². The maximum atomic E-state index is 10.7. The number of methoxy groups -OCH3 is 1. The first-order chi connectivity index (χ1) is 12.0. The van der Waals surface area contributed by atoms with E-state index in [1.165, 1.54) is 11.1 Å². The lowest BCUT2D eigenvalue weighted by Gasteiger charge is -2.15. The molecule has 0 fully saturated rings. The van der Waals surface area contributed by atoms with Crippen molar-refractivity contribution in [2.24, 2.45) is 0 Å². The molecule has 2 rings (SSSR count). The second kappa shape index (κ2) is 9.11. The number of carboxylic acids is 1. The van der Waals surface area contributed by atoms with Crippen molar-refractivity contribution >= 4 is 5.97 Å². The van der Waals surface area contributed by atoms with Gasteiger partial charge < -0.3 is 14.6 Å². The van der Waals surface area contributed by atoms with E-state index in [0.29, 0.717) is 18.6 Å². The summed E-state index contributed by atoms with van der Waals surface area (Å²) in [6.45, 7) is 5.91. The van der Waals surface area contributed by atoms with E-state index in [1.54, 1.807) is 7.11 Å². The minimum atomic E-state index is -0.772. The van der Waals surface area contributed by atoms with Crippen molar-refractivity contribution in [1.82, 2.24) is 0 Å². The number of carboxylic acid groups (broad SMARTS) is 1. The van der Waals surface area contributed by atoms with Crippen LogP contribution in [0.25, 0.3) is 0 Å². The maximum Gasteiger partial charge on any atom is 0.303 e. The Morgan fingerprint density at radius 3 is 2.88 bits per heavy atom. The van der Waals surface area contributed by atoms with E-state index < -0.39 is 5.97 Å². The Hall–Kier alpha value is -2.49. The second-order valence-corrected chi connectivity index (χ2v) is 6.12. The van der Waals surface area contributed by atoms with Gasteiger partial charge in [-0.2, -0.15) is 0 Å². The molecule has 1 aliphatic rings. The summed E-state index contributed by atoms with van der Waals surface area (Å²) in [6, 6.07) is 6.11. The predicted octanol–water partition coefficient (Wildman–Crippen LogP) is 4.97. The number of hydrogen-bond donors (Lipinski definition) is 1. The smallest absolute Gasteiger partial charge is 0.303 e. The van der Waals surface area contributed by atoms with E-state index >= 15 is 0 Å². The Bertz CT molecular complexity index is 685. The number of fused-ring (bicyclic) bond motifs is 1. The lowest BCUT2D eigenvalue weighted by Crippen LogP contribution is -1.99. The van der Waals surface area contributed by atoms with Crippen LogP contribution >= 0.6 is 0 Å². The Labute approximate surface area is 149 Å². The molecule has 0 spiro atoms. The molecular formula is C21H26O4. The lowest BCUT2D eigenvalue weighted by atomic mass is 10.1. The highest BCUT2D eigenvalue weighted by molar-refractivity contribution is 5.67. The van der Waals surface area contributed by atoms with Crippen molar-refractivity contribution in [3.63, 3.8) is 0 Å². The molecule has 0 aliphatic heterocycles. The number of carbonyl (C=O) groups is 1. The molecule has 0 saturated carbocycles. The lowest BCUT2D eigenvalue weighted by molar-refractivity contribution is -0.136. The van der Waals surface area contributed by atoms with Crippen LogP contribution in [0.15, 0.2) is 54.3 Å². The summed E-state index contributed by atoms with van der Waals surface area (Å²) in [7, 11) is 1.66. The third-order valence-electron chi connectivity index (χ3n) is 4.42. The van der Waals surface area contributed by atoms with Crippen molar-refractivity contribution in [2.75, 3.05) is 7.11 Å². The molecular weight excluding hydrogens is 316 g/mol. The highest BCUT2D eigenvalue weighted by atomic mass is 16.5. The van der Waals surface area contributed by atoms with E-state index in [2.05, 4.69) is 12.6 Å². The summed E-state index contributed by atoms with van der Waals surface area (Å²) in [5.41, 5.74) is 3.57. The molecule has 0 saturated heterocycles. The van der Waals surface area contributed by atoms with Crippen LogP contribution in [0, 0.1) is 0 Å². The van der Waals surface area contributed by atoms with Gasteiger partial charge in [-0.05, 0) is 61.9 Å². The standard InChI is InChI=1S/C21H26O4/c1-4-16(8-13-21(22)23)7-5-6-15(2)25-20-12-10-17-9-11-18(24-3)14-19(17)20/h4-6,9,11,14,20H,2,7-8,10,12-13H2,1,3H3,(H,22,23)/b6-5-,16-4+. The number of allylic oxidation sites excluding steroid dienone is 4. The van der Waals surface area contributed by atoms with Gasteiger partial charge in [-0.15, -0.1) is 0 Å². The molecule has 0 aromatic heterocycles. The van der Waals surface area contributed by atoms with Crippen LogP contribution in [0.4, 0.5) is 0 Å². The van der Waals surface area contributed by atoms with E-state index in [9.17, 15) is 4.79 Å². The average Bonchev–Trinajstić information content (AvgIpc) is 2.99. The van der Waals surface area contributed by atoms with Gasteiger partial charge in [0.05, 0.1) is 7.11 Å². The molecule has 0 bridgehead atoms. The molecule has 1 aromatic rings. The number of hydrogen-bond acceptors (Lipinski definition) is 3. The summed E-state index contributed by atoms with van der Waals surface area (Å²) >= 11 is 0. The summed E-state index contributed by atoms with van der Waals surface area (Å²) in [6.07, 6.45) is 9.19. The zero-order valence-corrected chi connectivity index (χ0v) is 15.0. The predicted molar refractivity (Wildman–Crippen MR) is 98.7 cm³/mol. The fraction of sp³-hybridized carbons (Fsp3) is 0.381. The largest absolute Gasteiger partial charge is 0.497 e. The van der Waals surface area contributed by atoms with E-state index in [1.807, 2.05) is 37.3 Å². The van der Waals surface area contributed by atoms with Crippen LogP contribution < -0.4 is 4.74 Å². The SMILES string of the molecule is C=C(/C=C\C/C(=C\C)CCC(=O)O)OC1CCc2ccc(OC)cc21. The molecule has 4 heteroatoms. The molecule has 1 aliphatic carbocycles. The van der Waals surface area contributed by atoms with Crippen LogP contribution in [0.5, 0.6) is 5.75 Å². The number of rotatable bonds is 9. The van der Waals surface area contributed by atoms with Gasteiger partial charge in [-0.25, -0.2) is 0 Å². The summed E-state index contributed by atoms with van der Waals surface area (Å²) in [5.74, 6) is 0.687. The number of ether oxygens (including phenoxy) is 2. The monoisotopic (exact) mass is 342 g/mol. The van der Waals surface area contributed by atoms with Crippen LogP contribution in [-0.2, 0) is 16.0 Å². The minimum Gasteiger partial charge on any atom is -0.497 e. The van der Waals surface area contributed by atoms with E-state index in [0.717, 1.165) is 24.2 Å². The highest BCUT2D eigenvalue weighted by Crippen LogP contribution is 2.37. The molecule has 0 amide bonds. The topological polar surface area (TPSA) is 55.8 Å². The molecule has 0 radical (unpaired) electrons. The van der Waals surface area contributed by atoms with Gasteiger partial charge in [0.2, 0.25) is 0 Å². The molecule has 1 atom stereocenters. The van der Waals surface area contributed by atoms with Gasteiger partial charge in [-0.3, -0.25) is 4.79 Å². The van der Waals surface area contributed by atoms with E-state index in [-0.39, 0.29) is 12.5 Å². The van der Waals surface area contributed by atoms with Crippen molar-refractivity contribution in [3.05, 3.63) is 65.5 Å². The van der Waals surface area contributed by atoms with Gasteiger partial charge in [-0.1, -0.05) is 30.4 Å². The van der Waals surface area contributed by atoms with Crippen molar-refractivity contribution in [1.29, 1.82) is 0 Å². The van der Waals surface area contributed by atoms with E-state index in [4.69, 9.17) is 14.6 Å².